The van der Waals surface area contributed by atoms with Gasteiger partial charge in [-0.2, -0.15) is 5.10 Å². The zero-order valence-electron chi connectivity index (χ0n) is 15.7. The highest BCUT2D eigenvalue weighted by Gasteiger charge is 2.40. The number of aromatic nitrogens is 2. The van der Waals surface area contributed by atoms with Crippen LogP contribution in [0.3, 0.4) is 0 Å². The molecule has 3 aliphatic rings. The third kappa shape index (κ3) is 3.59. The Hall–Kier alpha value is -1.11. The average molecular weight is 423 g/mol. The van der Waals surface area contributed by atoms with Gasteiger partial charge in [-0.15, -0.1) is 0 Å². The van der Waals surface area contributed by atoms with Crippen LogP contribution in [0.5, 0.6) is 0 Å². The molecule has 0 N–H and O–H groups in total. The van der Waals surface area contributed by atoms with Crippen LogP contribution >= 0.6 is 23.2 Å². The van der Waals surface area contributed by atoms with Crippen LogP contribution in [0.2, 0.25) is 10.0 Å². The molecule has 2 aromatic rings. The summed E-state index contributed by atoms with van der Waals surface area (Å²) in [6.07, 6.45) is 8.23. The molecule has 2 heterocycles. The Morgan fingerprint density at radius 3 is 2.39 bits per heavy atom. The molecule has 5 nitrogen and oxygen atoms in total. The van der Waals surface area contributed by atoms with E-state index in [0.717, 1.165) is 37.1 Å². The molecule has 0 atom stereocenters. The number of ether oxygens (including phenoxy) is 3. The summed E-state index contributed by atoms with van der Waals surface area (Å²) in [5.41, 5.74) is 3.04. The van der Waals surface area contributed by atoms with Crippen LogP contribution in [0.4, 0.5) is 0 Å². The Bertz CT molecular complexity index is 829. The minimum atomic E-state index is -0.355. The second-order valence-corrected chi connectivity index (χ2v) is 8.74. The number of nitrogens with zero attached hydrogens (tertiary/aromatic N) is 2. The highest BCUT2D eigenvalue weighted by molar-refractivity contribution is 6.37. The fraction of sp³-hybridized carbons (Fsp3) is 0.571. The van der Waals surface area contributed by atoms with Gasteiger partial charge in [0, 0.05) is 12.8 Å². The lowest BCUT2D eigenvalue weighted by Gasteiger charge is -2.35. The van der Waals surface area contributed by atoms with Gasteiger partial charge in [0.2, 0.25) is 0 Å². The number of para-hydroxylation sites is 1. The molecule has 1 aliphatic heterocycles. The van der Waals surface area contributed by atoms with Crippen molar-refractivity contribution in [3.05, 3.63) is 45.7 Å². The number of hydrogen-bond donors (Lipinski definition) is 0. The first-order valence-electron chi connectivity index (χ1n) is 10.1. The molecule has 3 fully saturated rings. The molecule has 2 aliphatic carbocycles. The third-order valence-electron chi connectivity index (χ3n) is 6.03. The summed E-state index contributed by atoms with van der Waals surface area (Å²) in [5, 5.41) is 5.80. The van der Waals surface area contributed by atoms with Crippen LogP contribution < -0.4 is 0 Å². The minimum Gasteiger partial charge on any atom is -0.372 e. The summed E-state index contributed by atoms with van der Waals surface area (Å²) in [7, 11) is 0. The van der Waals surface area contributed by atoms with E-state index in [1.807, 2.05) is 29.1 Å². The van der Waals surface area contributed by atoms with Gasteiger partial charge in [-0.3, -0.25) is 0 Å². The molecule has 1 saturated heterocycles. The van der Waals surface area contributed by atoms with Gasteiger partial charge in [-0.25, -0.2) is 4.68 Å². The molecule has 1 aromatic heterocycles. The van der Waals surface area contributed by atoms with Crippen molar-refractivity contribution in [1.29, 1.82) is 0 Å². The average Bonchev–Trinajstić information content (AvgIpc) is 3.30. The Morgan fingerprint density at radius 1 is 1.07 bits per heavy atom. The van der Waals surface area contributed by atoms with Gasteiger partial charge >= 0.3 is 0 Å². The third-order valence-corrected chi connectivity index (χ3v) is 6.64. The summed E-state index contributed by atoms with van der Waals surface area (Å²) in [6, 6.07) is 5.53. The zero-order valence-corrected chi connectivity index (χ0v) is 17.2. The molecule has 28 heavy (non-hydrogen) atoms. The van der Waals surface area contributed by atoms with Crippen molar-refractivity contribution in [1.82, 2.24) is 9.78 Å². The van der Waals surface area contributed by atoms with E-state index in [-0.39, 0.29) is 11.9 Å². The van der Waals surface area contributed by atoms with E-state index < -0.39 is 0 Å². The normalized spacial score (nSPS) is 22.2. The molecule has 0 unspecified atom stereocenters. The fourth-order valence-electron chi connectivity index (χ4n) is 4.33. The molecule has 0 amide bonds. The lowest BCUT2D eigenvalue weighted by Crippen LogP contribution is -2.37. The molecule has 0 radical (unpaired) electrons. The van der Waals surface area contributed by atoms with E-state index in [2.05, 4.69) is 5.10 Å². The topological polar surface area (TPSA) is 45.5 Å². The SMILES string of the molecule is Clc1cccc(Cl)c1-n1ncc(C2CC2)c1COC1CCC2(CC1)OCCO2. The van der Waals surface area contributed by atoms with Crippen LogP contribution in [-0.4, -0.2) is 34.9 Å². The van der Waals surface area contributed by atoms with Crippen LogP contribution in [0.1, 0.15) is 55.7 Å². The molecule has 5 rings (SSSR count). The zero-order chi connectivity index (χ0) is 19.1. The van der Waals surface area contributed by atoms with Gasteiger partial charge in [0.15, 0.2) is 5.79 Å². The number of rotatable bonds is 5. The van der Waals surface area contributed by atoms with Crippen molar-refractivity contribution in [3.63, 3.8) is 0 Å². The lowest BCUT2D eigenvalue weighted by molar-refractivity contribution is -0.192. The molecule has 0 bridgehead atoms. The Labute approximate surface area is 174 Å². The van der Waals surface area contributed by atoms with Gasteiger partial charge in [0.25, 0.3) is 0 Å². The van der Waals surface area contributed by atoms with Crippen molar-refractivity contribution in [3.8, 4) is 5.69 Å². The summed E-state index contributed by atoms with van der Waals surface area (Å²) in [6.45, 7) is 1.91. The van der Waals surface area contributed by atoms with Gasteiger partial charge in [-0.1, -0.05) is 29.3 Å². The van der Waals surface area contributed by atoms with Gasteiger partial charge < -0.3 is 14.2 Å². The summed E-state index contributed by atoms with van der Waals surface area (Å²) < 4.78 is 19.8. The predicted octanol–water partition coefficient (Wildman–Crippen LogP) is 5.26. The van der Waals surface area contributed by atoms with Gasteiger partial charge in [0.05, 0.1) is 47.9 Å². The van der Waals surface area contributed by atoms with Crippen LogP contribution in [-0.2, 0) is 20.8 Å². The van der Waals surface area contributed by atoms with Crippen LogP contribution in [0.25, 0.3) is 5.69 Å². The van der Waals surface area contributed by atoms with Crippen molar-refractivity contribution in [2.24, 2.45) is 0 Å². The van der Waals surface area contributed by atoms with Crippen molar-refractivity contribution >= 4 is 23.2 Å². The predicted molar refractivity (Wildman–Crippen MR) is 107 cm³/mol. The van der Waals surface area contributed by atoms with E-state index in [1.165, 1.54) is 18.4 Å². The summed E-state index contributed by atoms with van der Waals surface area (Å²) >= 11 is 12.9. The van der Waals surface area contributed by atoms with Crippen molar-refractivity contribution < 1.29 is 14.2 Å². The van der Waals surface area contributed by atoms with Crippen molar-refractivity contribution in [2.75, 3.05) is 13.2 Å². The van der Waals surface area contributed by atoms with E-state index in [0.29, 0.717) is 35.8 Å². The smallest absolute Gasteiger partial charge is 0.168 e. The second-order valence-electron chi connectivity index (χ2n) is 7.92. The molecule has 1 spiro atoms. The van der Waals surface area contributed by atoms with E-state index in [9.17, 15) is 0 Å². The number of halogens is 2. The van der Waals surface area contributed by atoms with E-state index >= 15 is 0 Å². The first-order valence-corrected chi connectivity index (χ1v) is 10.8. The Morgan fingerprint density at radius 2 is 1.75 bits per heavy atom. The monoisotopic (exact) mass is 422 g/mol. The highest BCUT2D eigenvalue weighted by Crippen LogP contribution is 2.43. The summed E-state index contributed by atoms with van der Waals surface area (Å²) in [4.78, 5) is 0. The molecule has 7 heteroatoms. The summed E-state index contributed by atoms with van der Waals surface area (Å²) in [5.74, 6) is 0.217. The maximum absolute atomic E-state index is 6.44. The second kappa shape index (κ2) is 7.62. The number of hydrogen-bond acceptors (Lipinski definition) is 4. The maximum Gasteiger partial charge on any atom is 0.168 e. The van der Waals surface area contributed by atoms with E-state index in [1.54, 1.807) is 0 Å². The van der Waals surface area contributed by atoms with Crippen LogP contribution in [0, 0.1) is 0 Å². The quantitative estimate of drug-likeness (QED) is 0.658. The van der Waals surface area contributed by atoms with Gasteiger partial charge in [-0.05, 0) is 49.3 Å². The van der Waals surface area contributed by atoms with Gasteiger partial charge in [0.1, 0.15) is 5.69 Å². The first kappa shape index (κ1) is 18.9. The van der Waals surface area contributed by atoms with Crippen molar-refractivity contribution in [2.45, 2.75) is 62.9 Å². The van der Waals surface area contributed by atoms with Crippen LogP contribution in [0.15, 0.2) is 24.4 Å². The van der Waals surface area contributed by atoms with E-state index in [4.69, 9.17) is 37.4 Å². The molecular weight excluding hydrogens is 399 g/mol. The maximum atomic E-state index is 6.44. The standard InChI is InChI=1S/C21H24Cl2N2O3/c22-17-2-1-3-18(23)20(17)25-19(16(12-24-25)14-4-5-14)13-26-15-6-8-21(9-7-15)27-10-11-28-21/h1-3,12,14-15H,4-11,13H2. The molecule has 1 aromatic carbocycles. The lowest BCUT2D eigenvalue weighted by atomic mass is 9.92. The molecule has 2 saturated carbocycles. The molecule has 150 valence electrons. The Balaban J connectivity index is 1.34. The molecular formula is C21H24Cl2N2O3. The highest BCUT2D eigenvalue weighted by atomic mass is 35.5. The largest absolute Gasteiger partial charge is 0.372 e. The fourth-order valence-corrected chi connectivity index (χ4v) is 4.89. The first-order chi connectivity index (χ1) is 13.7. The minimum absolute atomic E-state index is 0.204. The Kier molecular flexibility index (Phi) is 5.14. The number of benzene rings is 1.